The Bertz CT molecular complexity index is 1140. The first-order valence-corrected chi connectivity index (χ1v) is 6.64. The van der Waals surface area contributed by atoms with Crippen molar-refractivity contribution < 1.29 is 14.3 Å². The fourth-order valence-electron chi connectivity index (χ4n) is 2.75. The molecule has 1 aliphatic heterocycles. The highest BCUT2D eigenvalue weighted by Crippen LogP contribution is 2.33. The van der Waals surface area contributed by atoms with Crippen LogP contribution in [0.3, 0.4) is 0 Å². The predicted octanol–water partition coefficient (Wildman–Crippen LogP) is 0.494. The van der Waals surface area contributed by atoms with E-state index in [-0.39, 0.29) is 16.7 Å². The van der Waals surface area contributed by atoms with E-state index >= 15 is 0 Å². The highest BCUT2D eigenvalue weighted by molar-refractivity contribution is 6.23. The van der Waals surface area contributed by atoms with Gasteiger partial charge in [0.05, 0.1) is 10.9 Å². The quantitative estimate of drug-likeness (QED) is 0.683. The molecular formula is C16H10N2O4. The lowest BCUT2D eigenvalue weighted by Gasteiger charge is -1.97. The number of furan rings is 1. The summed E-state index contributed by atoms with van der Waals surface area (Å²) in [7, 11) is 0. The molecule has 6 heteroatoms. The highest BCUT2D eigenvalue weighted by Gasteiger charge is 2.26. The van der Waals surface area contributed by atoms with Crippen molar-refractivity contribution in [2.75, 3.05) is 0 Å². The minimum absolute atomic E-state index is 0.0327. The molecule has 0 unspecified atom stereocenters. The van der Waals surface area contributed by atoms with Crippen molar-refractivity contribution in [1.82, 2.24) is 4.98 Å². The third-order valence-corrected chi connectivity index (χ3v) is 3.66. The number of nitrogens with one attached hydrogen (secondary N) is 1. The zero-order valence-corrected chi connectivity index (χ0v) is 11.5. The average Bonchev–Trinajstić information content (AvgIpc) is 2.95. The Kier molecular flexibility index (Phi) is 2.39. The lowest BCUT2D eigenvalue weighted by molar-refractivity contribution is -0.112. The molecule has 3 heterocycles. The van der Waals surface area contributed by atoms with Gasteiger partial charge in [0.2, 0.25) is 0 Å². The topological polar surface area (TPSA) is 95.7 Å². The number of aromatic amines is 1. The molecule has 0 spiro atoms. The van der Waals surface area contributed by atoms with Crippen molar-refractivity contribution in [2.45, 2.75) is 6.92 Å². The number of pyridine rings is 1. The van der Waals surface area contributed by atoms with Crippen LogP contribution in [-0.4, -0.2) is 16.0 Å². The van der Waals surface area contributed by atoms with Crippen LogP contribution in [-0.2, 0) is 4.79 Å². The Hall–Kier alpha value is -3.15. The maximum Gasteiger partial charge on any atom is 0.296 e. The second-order valence-corrected chi connectivity index (χ2v) is 5.12. The van der Waals surface area contributed by atoms with Crippen LogP contribution in [0.25, 0.3) is 16.3 Å². The van der Waals surface area contributed by atoms with Gasteiger partial charge in [-0.2, -0.15) is 0 Å². The molecule has 1 aliphatic rings. The molecule has 108 valence electrons. The van der Waals surface area contributed by atoms with E-state index in [2.05, 4.69) is 9.98 Å². The van der Waals surface area contributed by atoms with Crippen LogP contribution in [0.1, 0.15) is 11.5 Å². The predicted molar refractivity (Wildman–Crippen MR) is 78.0 cm³/mol. The Labute approximate surface area is 123 Å². The van der Waals surface area contributed by atoms with E-state index in [9.17, 15) is 14.7 Å². The van der Waals surface area contributed by atoms with E-state index in [1.807, 2.05) is 0 Å². The Balaban J connectivity index is 2.20. The molecule has 0 saturated carbocycles. The Morgan fingerprint density at radius 2 is 2.00 bits per heavy atom. The van der Waals surface area contributed by atoms with Gasteiger partial charge >= 0.3 is 0 Å². The molecule has 1 amide bonds. The highest BCUT2D eigenvalue weighted by atomic mass is 16.5. The molecule has 0 atom stereocenters. The van der Waals surface area contributed by atoms with Crippen molar-refractivity contribution >= 4 is 22.3 Å². The number of nitrogens with zero attached hydrogens (tertiary/aromatic N) is 1. The monoisotopic (exact) mass is 294 g/mol. The van der Waals surface area contributed by atoms with Gasteiger partial charge in [0.1, 0.15) is 5.39 Å². The summed E-state index contributed by atoms with van der Waals surface area (Å²) in [4.78, 5) is 30.8. The minimum atomic E-state index is -0.504. The van der Waals surface area contributed by atoms with Crippen molar-refractivity contribution in [3.05, 3.63) is 62.7 Å². The normalized spacial score (nSPS) is 13.5. The number of aryl methyl sites for hydroxylation is 1. The zero-order valence-electron chi connectivity index (χ0n) is 11.5. The number of para-hydroxylation sites is 1. The maximum atomic E-state index is 12.2. The number of amides is 1. The van der Waals surface area contributed by atoms with Crippen molar-refractivity contribution in [3.8, 4) is 5.95 Å². The van der Waals surface area contributed by atoms with Crippen LogP contribution in [0.4, 0.5) is 0 Å². The summed E-state index contributed by atoms with van der Waals surface area (Å²) in [5.41, 5.74) is 0.403. The number of hydrogen-bond acceptors (Lipinski definition) is 4. The molecule has 6 nitrogen and oxygen atoms in total. The van der Waals surface area contributed by atoms with E-state index < -0.39 is 17.4 Å². The summed E-state index contributed by atoms with van der Waals surface area (Å²) in [6.07, 6.45) is 0. The lowest BCUT2D eigenvalue weighted by atomic mass is 10.1. The molecule has 2 N–H and O–H groups in total. The minimum Gasteiger partial charge on any atom is -0.480 e. The fraction of sp³-hybridized carbons (Fsp3) is 0.0625. The van der Waals surface area contributed by atoms with Gasteiger partial charge in [-0.25, -0.2) is 4.99 Å². The van der Waals surface area contributed by atoms with Crippen molar-refractivity contribution in [1.29, 1.82) is 0 Å². The van der Waals surface area contributed by atoms with Gasteiger partial charge in [-0.3, -0.25) is 9.59 Å². The molecule has 3 aromatic rings. The van der Waals surface area contributed by atoms with Crippen LogP contribution in [0.5, 0.6) is 5.95 Å². The molecular weight excluding hydrogens is 284 g/mol. The summed E-state index contributed by atoms with van der Waals surface area (Å²) >= 11 is 0. The number of carbonyl (C=O) groups is 1. The van der Waals surface area contributed by atoms with E-state index in [1.165, 1.54) is 0 Å². The van der Waals surface area contributed by atoms with Crippen LogP contribution < -0.4 is 16.1 Å². The van der Waals surface area contributed by atoms with Crippen molar-refractivity contribution in [3.63, 3.8) is 0 Å². The first kappa shape index (κ1) is 12.6. The van der Waals surface area contributed by atoms with Gasteiger partial charge in [0.15, 0.2) is 5.76 Å². The third-order valence-electron chi connectivity index (χ3n) is 3.66. The molecule has 0 aliphatic carbocycles. The van der Waals surface area contributed by atoms with E-state index in [0.717, 1.165) is 0 Å². The first-order chi connectivity index (χ1) is 10.6. The number of aromatic nitrogens is 1. The molecule has 4 rings (SSSR count). The number of fused-ring (bicyclic) bond motifs is 2. The summed E-state index contributed by atoms with van der Waals surface area (Å²) in [5, 5.41) is 11.5. The average molecular weight is 294 g/mol. The van der Waals surface area contributed by atoms with Gasteiger partial charge in [-0.15, -0.1) is 0 Å². The van der Waals surface area contributed by atoms with Crippen molar-refractivity contribution in [2.24, 2.45) is 4.99 Å². The van der Waals surface area contributed by atoms with Gasteiger partial charge in [0, 0.05) is 16.3 Å². The molecule has 1 aromatic carbocycles. The number of hydrogen-bond donors (Lipinski definition) is 2. The van der Waals surface area contributed by atoms with Gasteiger partial charge in [0.25, 0.3) is 17.4 Å². The molecule has 0 fully saturated rings. The zero-order chi connectivity index (χ0) is 15.4. The molecule has 0 saturated heterocycles. The number of H-pyrrole nitrogens is 1. The Morgan fingerprint density at radius 1 is 1.23 bits per heavy atom. The number of aromatic hydroxyl groups is 1. The number of benzene rings is 1. The fourth-order valence-corrected chi connectivity index (χ4v) is 2.75. The molecule has 0 radical (unpaired) electrons. The Morgan fingerprint density at radius 3 is 2.82 bits per heavy atom. The standard InChI is InChI=1S/C16H10N2O4/c1-7-6-9-12(15(20)17-7)16(21)22-13(9)11-8-4-2-3-5-10(8)18-14(11)19/h2-6,21H,1H3,(H,17,20). The molecule has 22 heavy (non-hydrogen) atoms. The molecule has 0 bridgehead atoms. The van der Waals surface area contributed by atoms with Crippen LogP contribution in [0.2, 0.25) is 0 Å². The first-order valence-electron chi connectivity index (χ1n) is 6.64. The summed E-state index contributed by atoms with van der Waals surface area (Å²) in [6.45, 7) is 1.72. The van der Waals surface area contributed by atoms with Gasteiger partial charge in [-0.1, -0.05) is 18.2 Å². The van der Waals surface area contributed by atoms with Gasteiger partial charge in [-0.05, 0) is 19.1 Å². The maximum absolute atomic E-state index is 12.2. The van der Waals surface area contributed by atoms with Crippen LogP contribution in [0, 0.1) is 6.92 Å². The third kappa shape index (κ3) is 1.57. The second-order valence-electron chi connectivity index (χ2n) is 5.12. The lowest BCUT2D eigenvalue weighted by Crippen LogP contribution is -2.22. The SMILES string of the molecule is Cc1cc2c(C3=c4ccccc4=NC3=O)oc(O)c2c(=O)[nH]1. The smallest absolute Gasteiger partial charge is 0.296 e. The van der Waals surface area contributed by atoms with E-state index in [0.29, 0.717) is 21.7 Å². The number of rotatable bonds is 1. The number of carbonyl (C=O) groups excluding carboxylic acids is 1. The second kappa shape index (κ2) is 4.17. The van der Waals surface area contributed by atoms with Crippen LogP contribution in [0.15, 0.2) is 44.5 Å². The summed E-state index contributed by atoms with van der Waals surface area (Å²) in [6, 6.07) is 8.71. The van der Waals surface area contributed by atoms with E-state index in [1.54, 1.807) is 37.3 Å². The van der Waals surface area contributed by atoms with E-state index in [4.69, 9.17) is 4.42 Å². The molecule has 2 aromatic heterocycles. The van der Waals surface area contributed by atoms with Crippen LogP contribution >= 0.6 is 0 Å². The largest absolute Gasteiger partial charge is 0.480 e. The summed E-state index contributed by atoms with van der Waals surface area (Å²) < 4.78 is 5.33. The summed E-state index contributed by atoms with van der Waals surface area (Å²) in [5.74, 6) is -0.786. The van der Waals surface area contributed by atoms with Gasteiger partial charge < -0.3 is 14.5 Å².